The van der Waals surface area contributed by atoms with Gasteiger partial charge in [0.1, 0.15) is 0 Å². The molecule has 3 nitrogen and oxygen atoms in total. The number of halogens is 2. The summed E-state index contributed by atoms with van der Waals surface area (Å²) >= 11 is 5.90. The number of carbonyl (C=O) groups is 1. The van der Waals surface area contributed by atoms with E-state index in [4.69, 9.17) is 17.3 Å². The third-order valence-corrected chi connectivity index (χ3v) is 3.91. The van der Waals surface area contributed by atoms with E-state index in [1.807, 2.05) is 24.8 Å². The zero-order valence-corrected chi connectivity index (χ0v) is 12.8. The predicted molar refractivity (Wildman–Crippen MR) is 81.1 cm³/mol. The fourth-order valence-electron chi connectivity index (χ4n) is 2.44. The highest BCUT2D eigenvalue weighted by molar-refractivity contribution is 6.30. The van der Waals surface area contributed by atoms with Gasteiger partial charge in [0, 0.05) is 29.7 Å². The van der Waals surface area contributed by atoms with Crippen molar-refractivity contribution in [3.05, 3.63) is 34.3 Å². The van der Waals surface area contributed by atoms with E-state index >= 15 is 0 Å². The fraction of sp³-hybridized carbons (Fsp3) is 0.500. The van der Waals surface area contributed by atoms with Crippen molar-refractivity contribution < 1.29 is 4.79 Å². The summed E-state index contributed by atoms with van der Waals surface area (Å²) in [5.41, 5.74) is 7.56. The highest BCUT2D eigenvalue weighted by Crippen LogP contribution is 2.23. The minimum atomic E-state index is 0. The number of hydrogen-bond acceptors (Lipinski definition) is 2. The van der Waals surface area contributed by atoms with Crippen LogP contribution in [-0.2, 0) is 0 Å². The van der Waals surface area contributed by atoms with E-state index in [0.717, 1.165) is 30.6 Å². The van der Waals surface area contributed by atoms with Crippen LogP contribution in [0.25, 0.3) is 0 Å². The summed E-state index contributed by atoms with van der Waals surface area (Å²) in [4.78, 5) is 14.3. The summed E-state index contributed by atoms with van der Waals surface area (Å²) < 4.78 is 0. The Kier molecular flexibility index (Phi) is 5.65. The molecule has 0 saturated carbocycles. The van der Waals surface area contributed by atoms with Crippen molar-refractivity contribution in [3.63, 3.8) is 0 Å². The van der Waals surface area contributed by atoms with Gasteiger partial charge in [-0.1, -0.05) is 11.6 Å². The van der Waals surface area contributed by atoms with Gasteiger partial charge < -0.3 is 10.6 Å². The van der Waals surface area contributed by atoms with Crippen LogP contribution in [0.2, 0.25) is 5.02 Å². The van der Waals surface area contributed by atoms with E-state index in [0.29, 0.717) is 10.9 Å². The van der Waals surface area contributed by atoms with Gasteiger partial charge in [0.15, 0.2) is 0 Å². The number of nitrogens with two attached hydrogens (primary N) is 1. The molecule has 106 valence electrons. The highest BCUT2D eigenvalue weighted by atomic mass is 35.5. The van der Waals surface area contributed by atoms with Gasteiger partial charge in [0.25, 0.3) is 5.91 Å². The van der Waals surface area contributed by atoms with Gasteiger partial charge in [-0.25, -0.2) is 0 Å². The second kappa shape index (κ2) is 6.60. The molecule has 19 heavy (non-hydrogen) atoms. The Hall–Kier alpha value is -0.770. The number of aryl methyl sites for hydroxylation is 1. The molecule has 1 aliphatic rings. The van der Waals surface area contributed by atoms with Crippen LogP contribution in [0, 0.1) is 12.8 Å². The summed E-state index contributed by atoms with van der Waals surface area (Å²) in [6.07, 6.45) is 0.996. The minimum Gasteiger partial charge on any atom is -0.338 e. The minimum absolute atomic E-state index is 0. The van der Waals surface area contributed by atoms with E-state index in [2.05, 4.69) is 0 Å². The molecule has 1 aromatic carbocycles. The maximum absolute atomic E-state index is 12.4. The van der Waals surface area contributed by atoms with E-state index in [1.165, 1.54) is 0 Å². The normalized spacial score (nSPS) is 20.0. The van der Waals surface area contributed by atoms with E-state index < -0.39 is 0 Å². The maximum atomic E-state index is 12.4. The molecule has 1 fully saturated rings. The van der Waals surface area contributed by atoms with Crippen molar-refractivity contribution >= 4 is 29.9 Å². The Morgan fingerprint density at radius 3 is 2.74 bits per heavy atom. The van der Waals surface area contributed by atoms with Gasteiger partial charge in [-0.3, -0.25) is 4.79 Å². The van der Waals surface area contributed by atoms with Crippen LogP contribution in [-0.4, -0.2) is 29.9 Å². The monoisotopic (exact) mass is 302 g/mol. The number of benzene rings is 1. The molecule has 1 saturated heterocycles. The second-order valence-corrected chi connectivity index (χ2v) is 5.55. The Labute approximate surface area is 125 Å². The Morgan fingerprint density at radius 2 is 2.21 bits per heavy atom. The molecule has 0 bridgehead atoms. The Bertz CT molecular complexity index is 463. The quantitative estimate of drug-likeness (QED) is 0.913. The summed E-state index contributed by atoms with van der Waals surface area (Å²) in [7, 11) is 0. The zero-order chi connectivity index (χ0) is 13.3. The Morgan fingerprint density at radius 1 is 1.53 bits per heavy atom. The molecule has 0 radical (unpaired) electrons. The molecule has 1 aromatic rings. The van der Waals surface area contributed by atoms with Crippen molar-refractivity contribution in [2.24, 2.45) is 11.7 Å². The number of amides is 1. The van der Waals surface area contributed by atoms with Crippen molar-refractivity contribution in [1.82, 2.24) is 4.90 Å². The van der Waals surface area contributed by atoms with Crippen LogP contribution in [0.5, 0.6) is 0 Å². The average molecular weight is 303 g/mol. The summed E-state index contributed by atoms with van der Waals surface area (Å²) in [6.45, 7) is 5.48. The molecule has 2 N–H and O–H groups in total. The molecule has 1 heterocycles. The van der Waals surface area contributed by atoms with Crippen LogP contribution >= 0.6 is 24.0 Å². The molecule has 2 rings (SSSR count). The molecule has 1 aliphatic heterocycles. The summed E-state index contributed by atoms with van der Waals surface area (Å²) in [5, 5.41) is 0.666. The van der Waals surface area contributed by atoms with Crippen molar-refractivity contribution in [3.8, 4) is 0 Å². The van der Waals surface area contributed by atoms with E-state index in [-0.39, 0.29) is 24.4 Å². The topological polar surface area (TPSA) is 46.3 Å². The van der Waals surface area contributed by atoms with Crippen LogP contribution in [0.1, 0.15) is 29.3 Å². The molecule has 0 spiro atoms. The SMILES string of the molecule is Cc1cc(Cl)ccc1C(=O)N1CCC(C(C)N)C1.Cl. The van der Waals surface area contributed by atoms with Crippen LogP contribution in [0.3, 0.4) is 0 Å². The van der Waals surface area contributed by atoms with Gasteiger partial charge >= 0.3 is 0 Å². The van der Waals surface area contributed by atoms with Crippen molar-refractivity contribution in [2.75, 3.05) is 13.1 Å². The Balaban J connectivity index is 0.00000180. The van der Waals surface area contributed by atoms with Crippen molar-refractivity contribution in [1.29, 1.82) is 0 Å². The largest absolute Gasteiger partial charge is 0.338 e. The highest BCUT2D eigenvalue weighted by Gasteiger charge is 2.29. The fourth-order valence-corrected chi connectivity index (χ4v) is 2.66. The molecule has 0 aliphatic carbocycles. The van der Waals surface area contributed by atoms with Gasteiger partial charge in [0.05, 0.1) is 0 Å². The molecule has 5 heteroatoms. The van der Waals surface area contributed by atoms with Gasteiger partial charge in [-0.2, -0.15) is 0 Å². The lowest BCUT2D eigenvalue weighted by atomic mass is 10.0. The molecular weight excluding hydrogens is 283 g/mol. The number of carbonyl (C=O) groups excluding carboxylic acids is 1. The zero-order valence-electron chi connectivity index (χ0n) is 11.2. The lowest BCUT2D eigenvalue weighted by Gasteiger charge is -2.19. The first-order valence-corrected chi connectivity index (χ1v) is 6.68. The maximum Gasteiger partial charge on any atom is 0.254 e. The number of likely N-dealkylation sites (tertiary alicyclic amines) is 1. The van der Waals surface area contributed by atoms with Gasteiger partial charge in [-0.15, -0.1) is 12.4 Å². The lowest BCUT2D eigenvalue weighted by molar-refractivity contribution is 0.0785. The third-order valence-electron chi connectivity index (χ3n) is 3.67. The molecule has 1 amide bonds. The molecule has 2 unspecified atom stereocenters. The van der Waals surface area contributed by atoms with Crippen LogP contribution in [0.15, 0.2) is 18.2 Å². The smallest absolute Gasteiger partial charge is 0.254 e. The standard InChI is InChI=1S/C14H19ClN2O.ClH/c1-9-7-12(15)3-4-13(9)14(18)17-6-5-11(8-17)10(2)16;/h3-4,7,10-11H,5-6,8,16H2,1-2H3;1H. The third kappa shape index (κ3) is 3.62. The average Bonchev–Trinajstić information content (AvgIpc) is 2.77. The summed E-state index contributed by atoms with van der Waals surface area (Å²) in [6, 6.07) is 5.54. The second-order valence-electron chi connectivity index (χ2n) is 5.12. The first-order chi connectivity index (χ1) is 8.49. The first-order valence-electron chi connectivity index (χ1n) is 6.30. The van der Waals surface area contributed by atoms with Crippen LogP contribution in [0.4, 0.5) is 0 Å². The first kappa shape index (κ1) is 16.3. The van der Waals surface area contributed by atoms with Crippen LogP contribution < -0.4 is 5.73 Å². The summed E-state index contributed by atoms with van der Waals surface area (Å²) in [5.74, 6) is 0.508. The molecule has 2 atom stereocenters. The predicted octanol–water partition coefficient (Wildman–Crippen LogP) is 2.88. The molecular formula is C14H20Cl2N2O. The van der Waals surface area contributed by atoms with Crippen molar-refractivity contribution in [2.45, 2.75) is 26.3 Å². The molecule has 0 aromatic heterocycles. The number of hydrogen-bond donors (Lipinski definition) is 1. The number of nitrogens with zero attached hydrogens (tertiary/aromatic N) is 1. The lowest BCUT2D eigenvalue weighted by Crippen LogP contribution is -2.33. The van der Waals surface area contributed by atoms with E-state index in [1.54, 1.807) is 12.1 Å². The number of rotatable bonds is 2. The van der Waals surface area contributed by atoms with E-state index in [9.17, 15) is 4.79 Å². The van der Waals surface area contributed by atoms with Gasteiger partial charge in [0.2, 0.25) is 0 Å². The van der Waals surface area contributed by atoms with Gasteiger partial charge in [-0.05, 0) is 49.9 Å².